The number of tetrazole rings is 1. The number of hydrogen-bond donors (Lipinski definition) is 1. The van der Waals surface area contributed by atoms with Gasteiger partial charge in [0.15, 0.2) is 5.65 Å². The van der Waals surface area contributed by atoms with E-state index in [1.807, 2.05) is 24.3 Å². The molecule has 0 bridgehead atoms. The van der Waals surface area contributed by atoms with Gasteiger partial charge in [-0.1, -0.05) is 18.2 Å². The number of nitrogen functional groups attached to an aromatic ring is 1. The number of nitrogens with zero attached hydrogens (tertiary/aromatic N) is 4. The first kappa shape index (κ1) is 13.0. The van der Waals surface area contributed by atoms with E-state index >= 15 is 0 Å². The van der Waals surface area contributed by atoms with Crippen molar-refractivity contribution in [1.82, 2.24) is 20.0 Å². The Hall–Kier alpha value is -2.74. The molecular formula is C14H11N5O2S. The molecule has 4 aromatic rings. The first-order valence-corrected chi connectivity index (χ1v) is 7.52. The maximum Gasteiger partial charge on any atom is 0.350 e. The number of para-hydroxylation sites is 1. The average Bonchev–Trinajstić information content (AvgIpc) is 3.12. The number of pyridine rings is 1. The van der Waals surface area contributed by atoms with Crippen LogP contribution in [-0.2, 0) is 4.74 Å². The molecule has 0 spiro atoms. The summed E-state index contributed by atoms with van der Waals surface area (Å²) in [5.74, 6) is -0.420. The highest BCUT2D eigenvalue weighted by atomic mass is 32.1. The largest absolute Gasteiger partial charge is 0.462 e. The Kier molecular flexibility index (Phi) is 2.73. The fourth-order valence-electron chi connectivity index (χ4n) is 2.56. The van der Waals surface area contributed by atoms with Crippen LogP contribution in [0.15, 0.2) is 24.3 Å². The van der Waals surface area contributed by atoms with Crippen molar-refractivity contribution in [2.24, 2.45) is 0 Å². The summed E-state index contributed by atoms with van der Waals surface area (Å²) in [6, 6.07) is 7.73. The first-order chi connectivity index (χ1) is 10.7. The van der Waals surface area contributed by atoms with Crippen LogP contribution in [0.2, 0.25) is 0 Å². The topological polar surface area (TPSA) is 95.4 Å². The summed E-state index contributed by atoms with van der Waals surface area (Å²) >= 11 is 1.31. The molecular weight excluding hydrogens is 302 g/mol. The van der Waals surface area contributed by atoms with Gasteiger partial charge in [-0.05, 0) is 23.4 Å². The van der Waals surface area contributed by atoms with Crippen LogP contribution < -0.4 is 5.73 Å². The summed E-state index contributed by atoms with van der Waals surface area (Å²) in [6.07, 6.45) is 0. The number of thiophene rings is 1. The van der Waals surface area contributed by atoms with Gasteiger partial charge >= 0.3 is 5.97 Å². The normalized spacial score (nSPS) is 11.5. The molecule has 0 fully saturated rings. The molecule has 0 atom stereocenters. The van der Waals surface area contributed by atoms with Crippen molar-refractivity contribution < 1.29 is 9.53 Å². The van der Waals surface area contributed by atoms with Gasteiger partial charge in [0.05, 0.1) is 27.9 Å². The summed E-state index contributed by atoms with van der Waals surface area (Å²) in [5.41, 5.74) is 7.96. The number of anilines is 1. The number of benzene rings is 1. The molecule has 110 valence electrons. The molecule has 1 aromatic carbocycles. The lowest BCUT2D eigenvalue weighted by molar-refractivity contribution is 0.0533. The fraction of sp³-hybridized carbons (Fsp3) is 0.143. The number of rotatable bonds is 2. The average molecular weight is 313 g/mol. The number of carbonyl (C=O) groups is 1. The minimum atomic E-state index is -0.420. The van der Waals surface area contributed by atoms with E-state index in [1.54, 1.807) is 11.4 Å². The number of hydrogen-bond acceptors (Lipinski definition) is 7. The zero-order valence-electron chi connectivity index (χ0n) is 11.6. The summed E-state index contributed by atoms with van der Waals surface area (Å²) in [7, 11) is 0. The highest BCUT2D eigenvalue weighted by Crippen LogP contribution is 2.40. The Morgan fingerprint density at radius 2 is 2.23 bits per heavy atom. The third kappa shape index (κ3) is 1.61. The minimum Gasteiger partial charge on any atom is -0.462 e. The SMILES string of the molecule is CCOC(=O)c1sc2c3ccccc3n3nnnc3c2c1N. The van der Waals surface area contributed by atoms with Gasteiger partial charge < -0.3 is 10.5 Å². The van der Waals surface area contributed by atoms with Crippen LogP contribution in [0, 0.1) is 0 Å². The molecule has 3 aromatic heterocycles. The van der Waals surface area contributed by atoms with E-state index in [4.69, 9.17) is 10.5 Å². The van der Waals surface area contributed by atoms with Crippen LogP contribution in [0.5, 0.6) is 0 Å². The van der Waals surface area contributed by atoms with Crippen LogP contribution >= 0.6 is 11.3 Å². The Morgan fingerprint density at radius 3 is 3.05 bits per heavy atom. The van der Waals surface area contributed by atoms with Crippen LogP contribution in [0.3, 0.4) is 0 Å². The van der Waals surface area contributed by atoms with Gasteiger partial charge in [0.1, 0.15) is 4.88 Å². The van der Waals surface area contributed by atoms with Crippen LogP contribution in [0.1, 0.15) is 16.6 Å². The predicted octanol–water partition coefficient (Wildman–Crippen LogP) is 2.25. The second-order valence-corrected chi connectivity index (χ2v) is 5.72. The fourth-order valence-corrected chi connectivity index (χ4v) is 3.70. The highest BCUT2D eigenvalue weighted by molar-refractivity contribution is 7.22. The van der Waals surface area contributed by atoms with Crippen molar-refractivity contribution in [2.75, 3.05) is 12.3 Å². The molecule has 0 saturated carbocycles. The summed E-state index contributed by atoms with van der Waals surface area (Å²) < 4.78 is 7.60. The molecule has 7 nitrogen and oxygen atoms in total. The second-order valence-electron chi connectivity index (χ2n) is 4.70. The van der Waals surface area contributed by atoms with E-state index in [2.05, 4.69) is 15.5 Å². The maximum absolute atomic E-state index is 12.1. The Labute approximate surface area is 128 Å². The van der Waals surface area contributed by atoms with Gasteiger partial charge in [-0.3, -0.25) is 0 Å². The molecule has 2 N–H and O–H groups in total. The number of carbonyl (C=O) groups excluding carboxylic acids is 1. The molecule has 22 heavy (non-hydrogen) atoms. The second kappa shape index (κ2) is 4.63. The van der Waals surface area contributed by atoms with Crippen molar-refractivity contribution in [3.8, 4) is 0 Å². The van der Waals surface area contributed by atoms with Gasteiger partial charge in [0, 0.05) is 5.39 Å². The molecule has 0 aliphatic rings. The summed E-state index contributed by atoms with van der Waals surface area (Å²) in [5, 5.41) is 13.4. The van der Waals surface area contributed by atoms with Crippen LogP contribution in [-0.4, -0.2) is 32.6 Å². The number of nitrogens with two attached hydrogens (primary N) is 1. The quantitative estimate of drug-likeness (QED) is 0.570. The van der Waals surface area contributed by atoms with Crippen molar-refractivity contribution >= 4 is 49.6 Å². The van der Waals surface area contributed by atoms with E-state index in [0.29, 0.717) is 28.2 Å². The lowest BCUT2D eigenvalue weighted by Crippen LogP contribution is -2.04. The molecule has 4 rings (SSSR count). The smallest absolute Gasteiger partial charge is 0.350 e. The lowest BCUT2D eigenvalue weighted by Gasteiger charge is -2.02. The highest BCUT2D eigenvalue weighted by Gasteiger charge is 2.22. The monoisotopic (exact) mass is 313 g/mol. The predicted molar refractivity (Wildman–Crippen MR) is 84.0 cm³/mol. The number of aromatic nitrogens is 4. The molecule has 0 aliphatic carbocycles. The van der Waals surface area contributed by atoms with Gasteiger partial charge in [0.2, 0.25) is 0 Å². The lowest BCUT2D eigenvalue weighted by atomic mass is 10.1. The van der Waals surface area contributed by atoms with Gasteiger partial charge in [0.25, 0.3) is 0 Å². The molecule has 0 amide bonds. The molecule has 0 aliphatic heterocycles. The molecule has 0 unspecified atom stereocenters. The Bertz CT molecular complexity index is 1040. The van der Waals surface area contributed by atoms with E-state index < -0.39 is 5.97 Å². The first-order valence-electron chi connectivity index (χ1n) is 6.70. The number of fused-ring (bicyclic) bond motifs is 6. The van der Waals surface area contributed by atoms with Gasteiger partial charge in [-0.25, -0.2) is 4.79 Å². The zero-order chi connectivity index (χ0) is 15.3. The number of esters is 1. The van der Waals surface area contributed by atoms with Gasteiger partial charge in [-0.15, -0.1) is 16.4 Å². The third-order valence-electron chi connectivity index (χ3n) is 3.48. The Balaban J connectivity index is 2.20. The van der Waals surface area contributed by atoms with Crippen LogP contribution in [0.25, 0.3) is 26.6 Å². The van der Waals surface area contributed by atoms with Crippen molar-refractivity contribution in [3.63, 3.8) is 0 Å². The number of ether oxygens (including phenoxy) is 1. The summed E-state index contributed by atoms with van der Waals surface area (Å²) in [6.45, 7) is 2.06. The molecule has 0 saturated heterocycles. The summed E-state index contributed by atoms with van der Waals surface area (Å²) in [4.78, 5) is 12.5. The third-order valence-corrected chi connectivity index (χ3v) is 4.69. The molecule has 8 heteroatoms. The van der Waals surface area contributed by atoms with E-state index in [-0.39, 0.29) is 0 Å². The minimum absolute atomic E-state index is 0.301. The van der Waals surface area contributed by atoms with E-state index in [0.717, 1.165) is 15.6 Å². The molecule has 3 heterocycles. The maximum atomic E-state index is 12.1. The van der Waals surface area contributed by atoms with Crippen molar-refractivity contribution in [2.45, 2.75) is 6.92 Å². The van der Waals surface area contributed by atoms with Crippen molar-refractivity contribution in [1.29, 1.82) is 0 Å². The Morgan fingerprint density at radius 1 is 1.41 bits per heavy atom. The molecule has 0 radical (unpaired) electrons. The van der Waals surface area contributed by atoms with E-state index in [9.17, 15) is 4.79 Å². The van der Waals surface area contributed by atoms with Gasteiger partial charge in [-0.2, -0.15) is 4.52 Å². The standard InChI is InChI=1S/C14H11N5O2S/c1-2-21-14(20)12-10(15)9-11(22-12)7-5-3-4-6-8(7)19-13(9)16-17-18-19/h3-6H,2,15H2,1H3. The van der Waals surface area contributed by atoms with Crippen LogP contribution in [0.4, 0.5) is 5.69 Å². The van der Waals surface area contributed by atoms with E-state index in [1.165, 1.54) is 11.3 Å². The zero-order valence-corrected chi connectivity index (χ0v) is 12.4. The van der Waals surface area contributed by atoms with Crippen molar-refractivity contribution in [3.05, 3.63) is 29.1 Å².